The zero-order valence-electron chi connectivity index (χ0n) is 17.6. The van der Waals surface area contributed by atoms with E-state index in [1.54, 1.807) is 34.4 Å². The summed E-state index contributed by atoms with van der Waals surface area (Å²) in [7, 11) is 0. The van der Waals surface area contributed by atoms with Gasteiger partial charge in [-0.2, -0.15) is 0 Å². The number of nitrogens with one attached hydrogen (secondary N) is 1. The standard InChI is InChI=1S/C24H21FN2O5S/c25-18-6-2-3-7-19(18)26-22(28)14-31-20-8-4-1-5-17(20)24(30)32-15-23(29)27-11-9-21-16(13-27)10-12-33-21/h1-8,10,12H,9,11,13-15H2,(H,26,28). The average Bonchev–Trinajstić information content (AvgIpc) is 3.30. The lowest BCUT2D eigenvalue weighted by Gasteiger charge is -2.26. The number of nitrogens with zero attached hydrogens (tertiary/aromatic N) is 1. The molecular formula is C24H21FN2O5S. The maximum atomic E-state index is 13.7. The van der Waals surface area contributed by atoms with Crippen LogP contribution in [0.1, 0.15) is 20.8 Å². The third-order valence-electron chi connectivity index (χ3n) is 5.10. The molecule has 7 nitrogen and oxygen atoms in total. The van der Waals surface area contributed by atoms with Gasteiger partial charge in [0.1, 0.15) is 17.1 Å². The van der Waals surface area contributed by atoms with E-state index >= 15 is 0 Å². The molecule has 0 atom stereocenters. The molecule has 0 fully saturated rings. The molecule has 1 aliphatic rings. The molecular weight excluding hydrogens is 447 g/mol. The Hall–Kier alpha value is -3.72. The number of hydrogen-bond donors (Lipinski definition) is 1. The van der Waals surface area contributed by atoms with E-state index in [0.29, 0.717) is 13.1 Å². The Balaban J connectivity index is 1.31. The molecule has 0 bridgehead atoms. The first-order valence-corrected chi connectivity index (χ1v) is 11.2. The van der Waals surface area contributed by atoms with Gasteiger partial charge in [-0.3, -0.25) is 9.59 Å². The fraction of sp³-hybridized carbons (Fsp3) is 0.208. The minimum Gasteiger partial charge on any atom is -0.483 e. The van der Waals surface area contributed by atoms with E-state index in [0.717, 1.165) is 12.0 Å². The SMILES string of the molecule is O=C(COc1ccccc1C(=O)OCC(=O)N1CCc2sccc2C1)Nc1ccccc1F. The summed E-state index contributed by atoms with van der Waals surface area (Å²) in [5, 5.41) is 4.41. The summed E-state index contributed by atoms with van der Waals surface area (Å²) < 4.78 is 24.3. The molecule has 1 aliphatic heterocycles. The largest absolute Gasteiger partial charge is 0.483 e. The predicted octanol–water partition coefficient (Wildman–Crippen LogP) is 3.65. The third kappa shape index (κ3) is 5.56. The topological polar surface area (TPSA) is 84.9 Å². The van der Waals surface area contributed by atoms with Crippen LogP contribution in [0, 0.1) is 5.82 Å². The number of hydrogen-bond acceptors (Lipinski definition) is 6. The summed E-state index contributed by atoms with van der Waals surface area (Å²) >= 11 is 1.68. The monoisotopic (exact) mass is 468 g/mol. The van der Waals surface area contributed by atoms with E-state index in [9.17, 15) is 18.8 Å². The highest BCUT2D eigenvalue weighted by Crippen LogP contribution is 2.24. The number of rotatable bonds is 7. The first kappa shape index (κ1) is 22.5. The van der Waals surface area contributed by atoms with Crippen molar-refractivity contribution >= 4 is 34.8 Å². The summed E-state index contributed by atoms with van der Waals surface area (Å²) in [5.74, 6) is -2.04. The highest BCUT2D eigenvalue weighted by molar-refractivity contribution is 7.10. The Bertz CT molecular complexity index is 1180. The Morgan fingerprint density at radius 2 is 1.82 bits per heavy atom. The molecule has 4 rings (SSSR count). The second-order valence-corrected chi connectivity index (χ2v) is 8.32. The van der Waals surface area contributed by atoms with Gasteiger partial charge >= 0.3 is 5.97 Å². The van der Waals surface area contributed by atoms with Crippen molar-refractivity contribution in [3.63, 3.8) is 0 Å². The molecule has 3 aromatic rings. The van der Waals surface area contributed by atoms with Crippen LogP contribution >= 0.6 is 11.3 Å². The van der Waals surface area contributed by atoms with Gasteiger partial charge in [0.05, 0.1) is 5.69 Å². The van der Waals surface area contributed by atoms with Crippen molar-refractivity contribution in [1.29, 1.82) is 0 Å². The third-order valence-corrected chi connectivity index (χ3v) is 6.12. The van der Waals surface area contributed by atoms with Gasteiger partial charge in [0, 0.05) is 18.0 Å². The van der Waals surface area contributed by atoms with Crippen LogP contribution in [-0.4, -0.2) is 42.4 Å². The second kappa shape index (κ2) is 10.3. The van der Waals surface area contributed by atoms with Crippen LogP contribution in [0.15, 0.2) is 60.0 Å². The highest BCUT2D eigenvalue weighted by atomic mass is 32.1. The fourth-order valence-electron chi connectivity index (χ4n) is 3.41. The summed E-state index contributed by atoms with van der Waals surface area (Å²) in [4.78, 5) is 40.1. The van der Waals surface area contributed by atoms with Crippen LogP contribution in [0.2, 0.25) is 0 Å². The van der Waals surface area contributed by atoms with Gasteiger partial charge in [-0.1, -0.05) is 24.3 Å². The molecule has 0 saturated heterocycles. The van der Waals surface area contributed by atoms with Gasteiger partial charge in [0.15, 0.2) is 13.2 Å². The number of ether oxygens (including phenoxy) is 2. The van der Waals surface area contributed by atoms with E-state index in [2.05, 4.69) is 5.32 Å². The van der Waals surface area contributed by atoms with Crippen molar-refractivity contribution in [3.05, 3.63) is 81.8 Å². The Morgan fingerprint density at radius 3 is 2.67 bits per heavy atom. The van der Waals surface area contributed by atoms with Gasteiger partial charge in [-0.05, 0) is 47.7 Å². The molecule has 9 heteroatoms. The van der Waals surface area contributed by atoms with Crippen molar-refractivity contribution in [2.24, 2.45) is 0 Å². The Labute approximate surface area is 193 Å². The molecule has 2 aromatic carbocycles. The Morgan fingerprint density at radius 1 is 1.03 bits per heavy atom. The maximum absolute atomic E-state index is 13.7. The molecule has 0 spiro atoms. The van der Waals surface area contributed by atoms with Crippen LogP contribution in [0.25, 0.3) is 0 Å². The van der Waals surface area contributed by atoms with E-state index in [1.807, 2.05) is 11.4 Å². The maximum Gasteiger partial charge on any atom is 0.342 e. The van der Waals surface area contributed by atoms with Gasteiger partial charge in [-0.15, -0.1) is 11.3 Å². The van der Waals surface area contributed by atoms with E-state index < -0.39 is 24.3 Å². The van der Waals surface area contributed by atoms with Crippen molar-refractivity contribution in [3.8, 4) is 5.75 Å². The predicted molar refractivity (Wildman–Crippen MR) is 121 cm³/mol. The Kier molecular flexibility index (Phi) is 6.99. The quantitative estimate of drug-likeness (QED) is 0.535. The summed E-state index contributed by atoms with van der Waals surface area (Å²) in [5.41, 5.74) is 1.24. The summed E-state index contributed by atoms with van der Waals surface area (Å²) in [6.07, 6.45) is 0.790. The molecule has 1 N–H and O–H groups in total. The van der Waals surface area contributed by atoms with E-state index in [4.69, 9.17) is 9.47 Å². The number of amides is 2. The molecule has 0 aliphatic carbocycles. The average molecular weight is 469 g/mol. The molecule has 0 radical (unpaired) electrons. The second-order valence-electron chi connectivity index (χ2n) is 7.32. The fourth-order valence-corrected chi connectivity index (χ4v) is 4.30. The number of para-hydroxylation sites is 2. The van der Waals surface area contributed by atoms with Gasteiger partial charge in [0.2, 0.25) is 0 Å². The lowest BCUT2D eigenvalue weighted by Crippen LogP contribution is -2.38. The highest BCUT2D eigenvalue weighted by Gasteiger charge is 2.23. The molecule has 2 heterocycles. The molecule has 0 unspecified atom stereocenters. The number of esters is 1. The lowest BCUT2D eigenvalue weighted by molar-refractivity contribution is -0.135. The van der Waals surface area contributed by atoms with Crippen LogP contribution in [-0.2, 0) is 27.3 Å². The van der Waals surface area contributed by atoms with Crippen LogP contribution in [0.4, 0.5) is 10.1 Å². The molecule has 170 valence electrons. The van der Waals surface area contributed by atoms with Gasteiger partial charge < -0.3 is 19.7 Å². The number of benzene rings is 2. The zero-order chi connectivity index (χ0) is 23.2. The van der Waals surface area contributed by atoms with Gasteiger partial charge in [-0.25, -0.2) is 9.18 Å². The zero-order valence-corrected chi connectivity index (χ0v) is 18.4. The number of halogens is 1. The minimum absolute atomic E-state index is 0.0320. The van der Waals surface area contributed by atoms with Crippen molar-refractivity contribution in [2.75, 3.05) is 25.1 Å². The van der Waals surface area contributed by atoms with Crippen molar-refractivity contribution < 1.29 is 28.2 Å². The van der Waals surface area contributed by atoms with E-state index in [1.165, 1.54) is 35.2 Å². The minimum atomic E-state index is -0.735. The molecule has 0 saturated carbocycles. The lowest BCUT2D eigenvalue weighted by atomic mass is 10.1. The first-order chi connectivity index (χ1) is 16.0. The number of anilines is 1. The summed E-state index contributed by atoms with van der Waals surface area (Å²) in [6.45, 7) is 0.265. The summed E-state index contributed by atoms with van der Waals surface area (Å²) in [6, 6.07) is 14.0. The molecule has 2 amide bonds. The number of fused-ring (bicyclic) bond motifs is 1. The van der Waals surface area contributed by atoms with Crippen molar-refractivity contribution in [2.45, 2.75) is 13.0 Å². The van der Waals surface area contributed by atoms with Crippen molar-refractivity contribution in [1.82, 2.24) is 4.90 Å². The number of carbonyl (C=O) groups excluding carboxylic acids is 3. The molecule has 1 aromatic heterocycles. The first-order valence-electron chi connectivity index (χ1n) is 10.3. The number of carbonyl (C=O) groups is 3. The van der Waals surface area contributed by atoms with Crippen LogP contribution < -0.4 is 10.1 Å². The van der Waals surface area contributed by atoms with Gasteiger partial charge in [0.25, 0.3) is 11.8 Å². The van der Waals surface area contributed by atoms with Crippen LogP contribution in [0.5, 0.6) is 5.75 Å². The smallest absolute Gasteiger partial charge is 0.342 e. The van der Waals surface area contributed by atoms with Crippen LogP contribution in [0.3, 0.4) is 0 Å². The number of thiophene rings is 1. The molecule has 33 heavy (non-hydrogen) atoms. The van der Waals surface area contributed by atoms with E-state index in [-0.39, 0.29) is 29.5 Å². The normalized spacial score (nSPS) is 12.6.